The predicted octanol–water partition coefficient (Wildman–Crippen LogP) is 3.11. The van der Waals surface area contributed by atoms with E-state index in [1.807, 2.05) is 0 Å². The Balaban J connectivity index is 1.62. The molecule has 10 nitrogen and oxygen atoms in total. The van der Waals surface area contributed by atoms with E-state index in [-0.39, 0.29) is 25.3 Å². The van der Waals surface area contributed by atoms with Crippen LogP contribution in [0.5, 0.6) is 0 Å². The van der Waals surface area contributed by atoms with Gasteiger partial charge in [0.05, 0.1) is 20.9 Å². The third-order valence-electron chi connectivity index (χ3n) is 4.88. The zero-order valence-electron chi connectivity index (χ0n) is 18.1. The summed E-state index contributed by atoms with van der Waals surface area (Å²) in [5, 5.41) is 2.37. The number of nitrogens with one attached hydrogen (secondary N) is 3. The van der Waals surface area contributed by atoms with Crippen LogP contribution in [0.25, 0.3) is 16.6 Å². The minimum Gasteiger partial charge on any atom is -0.378 e. The maximum Gasteiger partial charge on any atom is 0.333 e. The van der Waals surface area contributed by atoms with Crippen LogP contribution in [0.4, 0.5) is 20.6 Å². The Labute approximate surface area is 206 Å². The molecule has 0 bridgehead atoms. The molecule has 4 rings (SSSR count). The van der Waals surface area contributed by atoms with Gasteiger partial charge in [-0.25, -0.2) is 31.7 Å². The fourth-order valence-corrected chi connectivity index (χ4v) is 5.63. The standard InChI is InChI=1S/C21H17ClFN5O5S2/c1-27(2)12-4-5-13-15(10-12)25-21(31)28(19(13)29)16-6-3-11(9-14(16)23)24-20(30)26-35(32,33)18-8-7-17(22)34-18/h3-10H,1-2H3,(H,25,31)(H2,24,26,30). The largest absolute Gasteiger partial charge is 0.378 e. The van der Waals surface area contributed by atoms with Gasteiger partial charge < -0.3 is 15.2 Å². The van der Waals surface area contributed by atoms with E-state index in [1.54, 1.807) is 35.9 Å². The molecule has 2 aromatic carbocycles. The highest BCUT2D eigenvalue weighted by molar-refractivity contribution is 7.92. The Morgan fingerprint density at radius 2 is 1.86 bits per heavy atom. The zero-order valence-corrected chi connectivity index (χ0v) is 20.5. The van der Waals surface area contributed by atoms with E-state index < -0.39 is 33.1 Å². The van der Waals surface area contributed by atoms with E-state index in [0.29, 0.717) is 10.1 Å². The van der Waals surface area contributed by atoms with Crippen molar-refractivity contribution in [2.45, 2.75) is 4.21 Å². The van der Waals surface area contributed by atoms with Crippen LogP contribution in [0, 0.1) is 5.82 Å². The van der Waals surface area contributed by atoms with Crippen LogP contribution in [0.15, 0.2) is 62.3 Å². The average molecular weight is 538 g/mol. The molecule has 0 atom stereocenters. The summed E-state index contributed by atoms with van der Waals surface area (Å²) in [6.45, 7) is 0. The molecule has 0 aliphatic carbocycles. The molecule has 4 aromatic rings. The van der Waals surface area contributed by atoms with E-state index in [4.69, 9.17) is 11.6 Å². The summed E-state index contributed by atoms with van der Waals surface area (Å²) in [7, 11) is -0.567. The zero-order chi connectivity index (χ0) is 25.5. The SMILES string of the molecule is CN(C)c1ccc2c(=O)n(-c3ccc(NC(=O)NS(=O)(=O)c4ccc(Cl)s4)cc3F)c(=O)[nH]c2c1. The number of halogens is 2. The minimum absolute atomic E-state index is 0.107. The van der Waals surface area contributed by atoms with Gasteiger partial charge >= 0.3 is 11.7 Å². The fraction of sp³-hybridized carbons (Fsp3) is 0.0952. The van der Waals surface area contributed by atoms with Gasteiger partial charge in [0.15, 0.2) is 0 Å². The van der Waals surface area contributed by atoms with E-state index in [9.17, 15) is 27.2 Å². The first-order valence-corrected chi connectivity index (χ1v) is 12.5. The minimum atomic E-state index is -4.18. The van der Waals surface area contributed by atoms with Crippen molar-refractivity contribution in [2.24, 2.45) is 0 Å². The number of carbonyl (C=O) groups excluding carboxylic acids is 1. The molecule has 0 spiro atoms. The number of thiophene rings is 1. The third kappa shape index (κ3) is 4.92. The number of hydrogen-bond acceptors (Lipinski definition) is 7. The van der Waals surface area contributed by atoms with E-state index >= 15 is 0 Å². The molecule has 2 aromatic heterocycles. The Kier molecular flexibility index (Phi) is 6.40. The number of amides is 2. The van der Waals surface area contributed by atoms with Crippen LogP contribution in [0.3, 0.4) is 0 Å². The Hall–Kier alpha value is -3.68. The first-order valence-electron chi connectivity index (χ1n) is 9.82. The van der Waals surface area contributed by atoms with E-state index in [0.717, 1.165) is 29.2 Å². The van der Waals surface area contributed by atoms with E-state index in [2.05, 4.69) is 10.3 Å². The topological polar surface area (TPSA) is 133 Å². The molecular formula is C21H17ClFN5O5S2. The van der Waals surface area contributed by atoms with Crippen LogP contribution in [0.1, 0.15) is 0 Å². The molecule has 0 radical (unpaired) electrons. The number of benzene rings is 2. The van der Waals surface area contributed by atoms with E-state index in [1.165, 1.54) is 24.3 Å². The summed E-state index contributed by atoms with van der Waals surface area (Å²) in [6.07, 6.45) is 0. The number of aromatic amines is 1. The molecule has 2 amide bonds. The average Bonchev–Trinajstić information content (AvgIpc) is 3.21. The van der Waals surface area contributed by atoms with Crippen molar-refractivity contribution in [1.29, 1.82) is 0 Å². The number of rotatable bonds is 5. The van der Waals surface area contributed by atoms with Crippen LogP contribution >= 0.6 is 22.9 Å². The molecule has 35 heavy (non-hydrogen) atoms. The summed E-state index contributed by atoms with van der Waals surface area (Å²) in [5.41, 5.74) is -0.977. The molecular weight excluding hydrogens is 521 g/mol. The number of sulfonamides is 1. The lowest BCUT2D eigenvalue weighted by atomic mass is 10.2. The lowest BCUT2D eigenvalue weighted by Crippen LogP contribution is -2.35. The monoisotopic (exact) mass is 537 g/mol. The van der Waals surface area contributed by atoms with Gasteiger partial charge in [0.1, 0.15) is 10.0 Å². The first-order chi connectivity index (χ1) is 16.5. The molecule has 3 N–H and O–H groups in total. The summed E-state index contributed by atoms with van der Waals surface area (Å²) in [6, 6.07) is 9.50. The van der Waals surface area contributed by atoms with Crippen molar-refractivity contribution in [3.63, 3.8) is 0 Å². The smallest absolute Gasteiger partial charge is 0.333 e. The number of aromatic nitrogens is 2. The summed E-state index contributed by atoms with van der Waals surface area (Å²) < 4.78 is 41.8. The highest BCUT2D eigenvalue weighted by Crippen LogP contribution is 2.25. The molecule has 0 saturated heterocycles. The maximum absolute atomic E-state index is 14.9. The van der Waals surface area contributed by atoms with Gasteiger partial charge in [-0.15, -0.1) is 11.3 Å². The number of carbonyl (C=O) groups is 1. The summed E-state index contributed by atoms with van der Waals surface area (Å²) in [5.74, 6) is -0.993. The highest BCUT2D eigenvalue weighted by Gasteiger charge is 2.20. The number of nitrogens with zero attached hydrogens (tertiary/aromatic N) is 2. The lowest BCUT2D eigenvalue weighted by molar-refractivity contribution is 0.256. The predicted molar refractivity (Wildman–Crippen MR) is 133 cm³/mol. The van der Waals surface area contributed by atoms with Crippen molar-refractivity contribution in [1.82, 2.24) is 14.3 Å². The third-order valence-corrected chi connectivity index (χ3v) is 7.94. The van der Waals surface area contributed by atoms with Crippen LogP contribution in [0.2, 0.25) is 4.34 Å². The molecule has 0 unspecified atom stereocenters. The second kappa shape index (κ2) is 9.17. The van der Waals surface area contributed by atoms with Crippen molar-refractivity contribution < 1.29 is 17.6 Å². The number of H-pyrrole nitrogens is 1. The van der Waals surface area contributed by atoms with Gasteiger partial charge in [0.25, 0.3) is 15.6 Å². The van der Waals surface area contributed by atoms with Gasteiger partial charge in [-0.05, 0) is 48.5 Å². The second-order valence-corrected chi connectivity index (χ2v) is 11.1. The Bertz CT molecular complexity index is 1690. The van der Waals surface area contributed by atoms with Crippen LogP contribution in [-0.4, -0.2) is 38.1 Å². The van der Waals surface area contributed by atoms with Crippen molar-refractivity contribution in [2.75, 3.05) is 24.3 Å². The Morgan fingerprint density at radius 1 is 1.11 bits per heavy atom. The molecule has 182 valence electrons. The maximum atomic E-state index is 14.9. The normalized spacial score (nSPS) is 11.4. The number of urea groups is 1. The summed E-state index contributed by atoms with van der Waals surface area (Å²) in [4.78, 5) is 42.1. The molecule has 0 saturated carbocycles. The van der Waals surface area contributed by atoms with Crippen LogP contribution < -0.4 is 26.2 Å². The first kappa shape index (κ1) is 24.4. The van der Waals surface area contributed by atoms with Gasteiger partial charge in [-0.2, -0.15) is 0 Å². The lowest BCUT2D eigenvalue weighted by Gasteiger charge is -2.14. The van der Waals surface area contributed by atoms with Gasteiger partial charge in [0.2, 0.25) is 0 Å². The molecule has 0 fully saturated rings. The summed E-state index contributed by atoms with van der Waals surface area (Å²) >= 11 is 6.48. The quantitative estimate of drug-likeness (QED) is 0.358. The van der Waals surface area contributed by atoms with Gasteiger partial charge in [-0.3, -0.25) is 4.79 Å². The molecule has 0 aliphatic rings. The van der Waals surface area contributed by atoms with Crippen LogP contribution in [-0.2, 0) is 10.0 Å². The second-order valence-electron chi connectivity index (χ2n) is 7.48. The molecule has 2 heterocycles. The van der Waals surface area contributed by atoms with Gasteiger partial charge in [-0.1, -0.05) is 11.6 Å². The Morgan fingerprint density at radius 3 is 2.49 bits per heavy atom. The highest BCUT2D eigenvalue weighted by atomic mass is 35.5. The molecule has 0 aliphatic heterocycles. The van der Waals surface area contributed by atoms with Crippen molar-refractivity contribution >= 4 is 61.3 Å². The van der Waals surface area contributed by atoms with Gasteiger partial charge in [0, 0.05) is 25.5 Å². The number of fused-ring (bicyclic) bond motifs is 1. The molecule has 14 heteroatoms. The van der Waals surface area contributed by atoms with Crippen molar-refractivity contribution in [3.05, 3.63) is 79.5 Å². The number of hydrogen-bond donors (Lipinski definition) is 3. The number of anilines is 2. The fourth-order valence-electron chi connectivity index (χ4n) is 3.24. The van der Waals surface area contributed by atoms with Crippen molar-refractivity contribution in [3.8, 4) is 5.69 Å².